The van der Waals surface area contributed by atoms with Gasteiger partial charge in [0.05, 0.1) is 19.2 Å². The highest BCUT2D eigenvalue weighted by Gasteiger charge is 2.27. The summed E-state index contributed by atoms with van der Waals surface area (Å²) in [6.07, 6.45) is 1.38. The van der Waals surface area contributed by atoms with Crippen molar-refractivity contribution in [2.24, 2.45) is 5.73 Å². The fourth-order valence-electron chi connectivity index (χ4n) is 1.97. The van der Waals surface area contributed by atoms with Gasteiger partial charge in [-0.05, 0) is 29.8 Å². The third kappa shape index (κ3) is 4.04. The van der Waals surface area contributed by atoms with Crippen LogP contribution in [-0.4, -0.2) is 26.6 Å². The van der Waals surface area contributed by atoms with Gasteiger partial charge in [0.2, 0.25) is 0 Å². The molecule has 0 radical (unpaired) electrons. The predicted molar refractivity (Wildman–Crippen MR) is 83.9 cm³/mol. The molecule has 7 nitrogen and oxygen atoms in total. The molecule has 0 aliphatic heterocycles. The van der Waals surface area contributed by atoms with E-state index in [-0.39, 0.29) is 5.03 Å². The molecule has 2 aromatic rings. The Hall–Kier alpha value is -2.47. The Morgan fingerprint density at radius 2 is 1.96 bits per heavy atom. The summed E-state index contributed by atoms with van der Waals surface area (Å²) in [5.74, 6) is 0.616. The van der Waals surface area contributed by atoms with Gasteiger partial charge in [-0.3, -0.25) is 0 Å². The van der Waals surface area contributed by atoms with Gasteiger partial charge in [-0.2, -0.15) is 9.98 Å². The van der Waals surface area contributed by atoms with Gasteiger partial charge in [0.1, 0.15) is 11.8 Å². The van der Waals surface area contributed by atoms with Gasteiger partial charge in [-0.15, -0.1) is 0 Å². The highest BCUT2D eigenvalue weighted by molar-refractivity contribution is 7.89. The number of sulfonamides is 1. The second-order valence-electron chi connectivity index (χ2n) is 4.69. The molecule has 120 valence electrons. The third-order valence-corrected chi connectivity index (χ3v) is 4.53. The van der Waals surface area contributed by atoms with E-state index in [1.807, 2.05) is 6.07 Å². The molecule has 23 heavy (non-hydrogen) atoms. The minimum absolute atomic E-state index is 0.136. The van der Waals surface area contributed by atoms with Crippen molar-refractivity contribution >= 4 is 10.0 Å². The molecule has 3 N–H and O–H groups in total. The smallest absolute Gasteiger partial charge is 0.258 e. The second kappa shape index (κ2) is 7.19. The first-order valence-corrected chi connectivity index (χ1v) is 8.19. The number of nitrogens with two attached hydrogens (primary N) is 1. The van der Waals surface area contributed by atoms with Gasteiger partial charge >= 0.3 is 0 Å². The van der Waals surface area contributed by atoms with Crippen LogP contribution >= 0.6 is 0 Å². The largest absolute Gasteiger partial charge is 0.497 e. The SMILES string of the molecule is COc1ccc([C@H](NS(=O)(=O)c2ccccn2)[C@@H](N)C#N)cc1. The summed E-state index contributed by atoms with van der Waals surface area (Å²) < 4.78 is 32.3. The Kier molecular flexibility index (Phi) is 5.28. The predicted octanol–water partition coefficient (Wildman–Crippen LogP) is 0.961. The number of nitriles is 1. The van der Waals surface area contributed by atoms with E-state index in [0.29, 0.717) is 11.3 Å². The number of hydrogen-bond donors (Lipinski definition) is 2. The van der Waals surface area contributed by atoms with Crippen molar-refractivity contribution in [3.8, 4) is 11.8 Å². The van der Waals surface area contributed by atoms with Gasteiger partial charge in [-0.25, -0.2) is 13.4 Å². The van der Waals surface area contributed by atoms with Crippen LogP contribution in [0.15, 0.2) is 53.7 Å². The van der Waals surface area contributed by atoms with Crippen molar-refractivity contribution in [1.29, 1.82) is 5.26 Å². The van der Waals surface area contributed by atoms with Gasteiger partial charge in [-0.1, -0.05) is 18.2 Å². The number of rotatable bonds is 6. The van der Waals surface area contributed by atoms with E-state index in [2.05, 4.69) is 9.71 Å². The standard InChI is InChI=1S/C15H16N4O3S/c1-22-12-7-5-11(6-8-12)15(13(17)10-16)19-23(20,21)14-4-2-3-9-18-14/h2-9,13,15,19H,17H2,1H3/t13-,15-/m0/s1. The van der Waals surface area contributed by atoms with Crippen LogP contribution in [0.2, 0.25) is 0 Å². The van der Waals surface area contributed by atoms with Crippen molar-refractivity contribution in [1.82, 2.24) is 9.71 Å². The number of benzene rings is 1. The molecular formula is C15H16N4O3S. The molecule has 0 saturated heterocycles. The van der Waals surface area contributed by atoms with Crippen LogP contribution in [0.5, 0.6) is 5.75 Å². The van der Waals surface area contributed by atoms with Crippen molar-refractivity contribution in [2.75, 3.05) is 7.11 Å². The minimum atomic E-state index is -3.90. The van der Waals surface area contributed by atoms with Gasteiger partial charge in [0, 0.05) is 6.20 Å². The van der Waals surface area contributed by atoms with Crippen LogP contribution in [0, 0.1) is 11.3 Å². The summed E-state index contributed by atoms with van der Waals surface area (Å²) in [6.45, 7) is 0. The van der Waals surface area contributed by atoms with Crippen LogP contribution < -0.4 is 15.2 Å². The molecule has 2 rings (SSSR count). The molecule has 0 fully saturated rings. The molecule has 0 bridgehead atoms. The Bertz CT molecular complexity index is 786. The fraction of sp³-hybridized carbons (Fsp3) is 0.200. The summed E-state index contributed by atoms with van der Waals surface area (Å²) >= 11 is 0. The van der Waals surface area contributed by atoms with Crippen LogP contribution in [0.4, 0.5) is 0 Å². The fourth-order valence-corrected chi connectivity index (χ4v) is 3.16. The summed E-state index contributed by atoms with van der Waals surface area (Å²) in [5.41, 5.74) is 6.32. The van der Waals surface area contributed by atoms with E-state index < -0.39 is 22.1 Å². The maximum absolute atomic E-state index is 12.4. The number of hydrogen-bond acceptors (Lipinski definition) is 6. The lowest BCUT2D eigenvalue weighted by molar-refractivity contribution is 0.414. The molecule has 1 heterocycles. The molecule has 2 atom stereocenters. The maximum atomic E-state index is 12.4. The first-order chi connectivity index (χ1) is 11.0. The Morgan fingerprint density at radius 1 is 1.26 bits per heavy atom. The summed E-state index contributed by atoms with van der Waals surface area (Å²) in [6, 6.07) is 11.1. The number of nitrogens with zero attached hydrogens (tertiary/aromatic N) is 2. The molecule has 1 aromatic carbocycles. The molecular weight excluding hydrogens is 316 g/mol. The van der Waals surface area contributed by atoms with E-state index in [9.17, 15) is 8.42 Å². The highest BCUT2D eigenvalue weighted by Crippen LogP contribution is 2.21. The van der Waals surface area contributed by atoms with E-state index in [4.69, 9.17) is 15.7 Å². The molecule has 8 heteroatoms. The quantitative estimate of drug-likeness (QED) is 0.813. The molecule has 0 saturated carbocycles. The number of aromatic nitrogens is 1. The lowest BCUT2D eigenvalue weighted by Crippen LogP contribution is -2.40. The van der Waals surface area contributed by atoms with Crippen molar-refractivity contribution in [3.63, 3.8) is 0 Å². The zero-order chi connectivity index (χ0) is 16.9. The van der Waals surface area contributed by atoms with Crippen molar-refractivity contribution in [3.05, 3.63) is 54.2 Å². The third-order valence-electron chi connectivity index (χ3n) is 3.18. The second-order valence-corrected chi connectivity index (χ2v) is 6.36. The first-order valence-electron chi connectivity index (χ1n) is 6.70. The molecule has 0 aliphatic carbocycles. The van der Waals surface area contributed by atoms with Crippen LogP contribution in [0.1, 0.15) is 11.6 Å². The first kappa shape index (κ1) is 16.9. The zero-order valence-electron chi connectivity index (χ0n) is 12.4. The maximum Gasteiger partial charge on any atom is 0.258 e. The molecule has 0 spiro atoms. The van der Waals surface area contributed by atoms with Crippen LogP contribution in [-0.2, 0) is 10.0 Å². The van der Waals surface area contributed by atoms with Crippen molar-refractivity contribution in [2.45, 2.75) is 17.1 Å². The number of nitrogens with one attached hydrogen (secondary N) is 1. The minimum Gasteiger partial charge on any atom is -0.497 e. The molecule has 0 amide bonds. The van der Waals surface area contributed by atoms with Gasteiger partial charge in [0.15, 0.2) is 5.03 Å². The monoisotopic (exact) mass is 332 g/mol. The topological polar surface area (TPSA) is 118 Å². The lowest BCUT2D eigenvalue weighted by atomic mass is 10.0. The molecule has 0 aliphatic rings. The highest BCUT2D eigenvalue weighted by atomic mass is 32.2. The average Bonchev–Trinajstić information content (AvgIpc) is 2.60. The van der Waals surface area contributed by atoms with Crippen molar-refractivity contribution < 1.29 is 13.2 Å². The Balaban J connectivity index is 2.34. The van der Waals surface area contributed by atoms with E-state index in [0.717, 1.165) is 0 Å². The van der Waals surface area contributed by atoms with E-state index >= 15 is 0 Å². The average molecular weight is 332 g/mol. The normalized spacial score (nSPS) is 13.8. The van der Waals surface area contributed by atoms with Crippen LogP contribution in [0.25, 0.3) is 0 Å². The number of pyridine rings is 1. The summed E-state index contributed by atoms with van der Waals surface area (Å²) in [5, 5.41) is 8.95. The Morgan fingerprint density at radius 3 is 2.48 bits per heavy atom. The molecule has 1 aromatic heterocycles. The number of methoxy groups -OCH3 is 1. The van der Waals surface area contributed by atoms with E-state index in [1.165, 1.54) is 19.4 Å². The zero-order valence-corrected chi connectivity index (χ0v) is 13.2. The number of ether oxygens (including phenoxy) is 1. The molecule has 0 unspecified atom stereocenters. The van der Waals surface area contributed by atoms with Gasteiger partial charge in [0.25, 0.3) is 10.0 Å². The lowest BCUT2D eigenvalue weighted by Gasteiger charge is -2.21. The summed E-state index contributed by atoms with van der Waals surface area (Å²) in [4.78, 5) is 3.82. The van der Waals surface area contributed by atoms with Crippen LogP contribution in [0.3, 0.4) is 0 Å². The Labute approximate surface area is 134 Å². The van der Waals surface area contributed by atoms with Gasteiger partial charge < -0.3 is 10.5 Å². The summed E-state index contributed by atoms with van der Waals surface area (Å²) in [7, 11) is -2.38. The van der Waals surface area contributed by atoms with E-state index in [1.54, 1.807) is 36.4 Å².